The second-order valence-corrected chi connectivity index (χ2v) is 8.68. The van der Waals surface area contributed by atoms with Crippen LogP contribution in [0.15, 0.2) is 72.8 Å². The summed E-state index contributed by atoms with van der Waals surface area (Å²) < 4.78 is 0. The molecule has 6 rings (SSSR count). The van der Waals surface area contributed by atoms with Gasteiger partial charge in [0.1, 0.15) is 0 Å². The third-order valence-electron chi connectivity index (χ3n) is 5.60. The molecule has 206 valence electrons. The van der Waals surface area contributed by atoms with Gasteiger partial charge in [0.15, 0.2) is 0 Å². The zero-order chi connectivity index (χ0) is 29.4. The Labute approximate surface area is 254 Å². The minimum atomic E-state index is -1.75. The first-order valence-electron chi connectivity index (χ1n) is 11.8. The van der Waals surface area contributed by atoms with E-state index < -0.39 is 10.2 Å². The van der Waals surface area contributed by atoms with Gasteiger partial charge in [-0.25, -0.2) is 0 Å². The Morgan fingerprint density at radius 3 is 0.732 bits per heavy atom. The zero-order valence-corrected chi connectivity index (χ0v) is 26.4. The van der Waals surface area contributed by atoms with Crippen LogP contribution in [-0.4, -0.2) is 57.4 Å². The van der Waals surface area contributed by atoms with Crippen LogP contribution in [0.3, 0.4) is 0 Å². The quantitative estimate of drug-likeness (QED) is 0.0780. The molecule has 6 aromatic rings. The van der Waals surface area contributed by atoms with Crippen molar-refractivity contribution in [2.75, 3.05) is 0 Å². The summed E-state index contributed by atoms with van der Waals surface area (Å²) in [5.41, 5.74) is 8.13. The van der Waals surface area contributed by atoms with Gasteiger partial charge in [-0.2, -0.15) is 0 Å². The molecule has 0 aliphatic heterocycles. The average Bonchev–Trinajstić information content (AvgIpc) is 2.88. The van der Waals surface area contributed by atoms with Crippen LogP contribution in [0.25, 0.3) is 43.6 Å². The van der Waals surface area contributed by atoms with Crippen molar-refractivity contribution >= 4 is 70.9 Å². The third-order valence-corrected chi connectivity index (χ3v) is 5.60. The van der Waals surface area contributed by atoms with Crippen LogP contribution in [0, 0.1) is 58.3 Å². The molecule has 13 heteroatoms. The molecule has 0 aliphatic carbocycles. The molecular weight excluding hydrogens is 724 g/mol. The molecule has 2 aromatic carbocycles. The van der Waals surface area contributed by atoms with Crippen LogP contribution in [0.1, 0.15) is 22.8 Å². The minimum absolute atomic E-state index is 0. The van der Waals surface area contributed by atoms with E-state index in [1.807, 2.05) is 52.0 Å². The first-order chi connectivity index (χ1) is 18.9. The van der Waals surface area contributed by atoms with Gasteiger partial charge >= 0.3 is 27.3 Å². The molecule has 0 spiro atoms. The van der Waals surface area contributed by atoms with Crippen LogP contribution >= 0.6 is 0 Å². The van der Waals surface area contributed by atoms with Crippen molar-refractivity contribution in [3.8, 4) is 0 Å². The predicted molar refractivity (Wildman–Crippen MR) is 160 cm³/mol. The molecule has 0 aliphatic rings. The van der Waals surface area contributed by atoms with Crippen molar-refractivity contribution in [2.24, 2.45) is 0 Å². The smallest absolute Gasteiger partial charge is 0.356 e. The Bertz CT molecular complexity index is 1590. The summed E-state index contributed by atoms with van der Waals surface area (Å²) in [7, 11) is 0. The van der Waals surface area contributed by atoms with Gasteiger partial charge in [0.25, 0.3) is 0 Å². The molecular formula is C28H24N6O6Pb. The molecule has 4 heterocycles. The Hall–Kier alpha value is -4.60. The number of benzene rings is 2. The minimum Gasteiger partial charge on any atom is -0.356 e. The van der Waals surface area contributed by atoms with E-state index in [0.29, 0.717) is 0 Å². The summed E-state index contributed by atoms with van der Waals surface area (Å²) in [6.07, 6.45) is 0. The third kappa shape index (κ3) is 9.23. The summed E-state index contributed by atoms with van der Waals surface area (Å²) in [6.45, 7) is 8.03. The van der Waals surface area contributed by atoms with Crippen molar-refractivity contribution in [3.05, 3.63) is 126 Å². The van der Waals surface area contributed by atoms with Crippen LogP contribution in [0.2, 0.25) is 0 Å². The summed E-state index contributed by atoms with van der Waals surface area (Å²) in [4.78, 5) is 34.8. The maximum absolute atomic E-state index is 8.25. The fourth-order valence-electron chi connectivity index (χ4n) is 3.93. The monoisotopic (exact) mass is 748 g/mol. The van der Waals surface area contributed by atoms with Gasteiger partial charge in [-0.3, -0.25) is 19.9 Å². The average molecular weight is 748 g/mol. The van der Waals surface area contributed by atoms with Gasteiger partial charge in [-0.15, -0.1) is 0 Å². The van der Waals surface area contributed by atoms with Crippen LogP contribution < -0.4 is 0 Å². The van der Waals surface area contributed by atoms with Crippen LogP contribution in [0.5, 0.6) is 0 Å². The van der Waals surface area contributed by atoms with Crippen molar-refractivity contribution in [1.29, 1.82) is 0 Å². The molecule has 41 heavy (non-hydrogen) atoms. The van der Waals surface area contributed by atoms with Gasteiger partial charge in [0, 0.05) is 44.3 Å². The SMILES string of the molecule is Cc1ccc2ccc3ccc(C)nc3c2n1.Cc1ccc2ccc3ccc(C)nc3c2n1.O=[N+]([O-])[O-].O=[N+]([O-])[O-].[Pb+2]. The summed E-state index contributed by atoms with van der Waals surface area (Å²) in [5, 5.41) is 34.1. The molecule has 2 radical (unpaired) electrons. The predicted octanol–water partition coefficient (Wildman–Crippen LogP) is 5.94. The molecule has 0 N–H and O–H groups in total. The first-order valence-corrected chi connectivity index (χ1v) is 11.8. The Morgan fingerprint density at radius 2 is 0.561 bits per heavy atom. The first kappa shape index (κ1) is 32.6. The van der Waals surface area contributed by atoms with Crippen molar-refractivity contribution in [3.63, 3.8) is 0 Å². The van der Waals surface area contributed by atoms with Crippen LogP contribution in [-0.2, 0) is 0 Å². The number of aryl methyl sites for hydroxylation is 4. The topological polar surface area (TPSA) is 184 Å². The second-order valence-electron chi connectivity index (χ2n) is 8.68. The van der Waals surface area contributed by atoms with E-state index in [1.54, 1.807) is 0 Å². The van der Waals surface area contributed by atoms with Gasteiger partial charge in [0.2, 0.25) is 0 Å². The number of rotatable bonds is 0. The van der Waals surface area contributed by atoms with Crippen LogP contribution in [0.4, 0.5) is 0 Å². The van der Waals surface area contributed by atoms with Crippen molar-refractivity contribution in [2.45, 2.75) is 27.7 Å². The standard InChI is InChI=1S/2C14H12N2.2NO3.Pb/c2*1-9-3-5-11-7-8-12-6-4-10(2)16-14(12)13(11)15-9;2*2-1(3)4;/h2*3-8H,1-2H3;;;/q;;2*-1;+2. The van der Waals surface area contributed by atoms with Crippen molar-refractivity contribution < 1.29 is 10.2 Å². The molecule has 0 unspecified atom stereocenters. The van der Waals surface area contributed by atoms with Gasteiger partial charge in [0.05, 0.1) is 32.2 Å². The molecule has 0 saturated carbocycles. The van der Waals surface area contributed by atoms with E-state index in [-0.39, 0.29) is 27.3 Å². The van der Waals surface area contributed by atoms with E-state index in [2.05, 4.69) is 68.5 Å². The molecule has 0 amide bonds. The number of pyridine rings is 4. The summed E-state index contributed by atoms with van der Waals surface area (Å²) in [5.74, 6) is 0. The molecule has 4 aromatic heterocycles. The maximum Gasteiger partial charge on any atom is 2.00 e. The Morgan fingerprint density at radius 1 is 0.415 bits per heavy atom. The van der Waals surface area contributed by atoms with Gasteiger partial charge in [-0.05, 0) is 52.0 Å². The second kappa shape index (κ2) is 14.7. The van der Waals surface area contributed by atoms with E-state index in [0.717, 1.165) is 66.4 Å². The largest absolute Gasteiger partial charge is 2.00 e. The normalized spacial score (nSPS) is 9.85. The van der Waals surface area contributed by atoms with Crippen molar-refractivity contribution in [1.82, 2.24) is 19.9 Å². The Kier molecular flexibility index (Phi) is 11.7. The molecule has 0 saturated heterocycles. The fourth-order valence-corrected chi connectivity index (χ4v) is 3.93. The summed E-state index contributed by atoms with van der Waals surface area (Å²) in [6, 6.07) is 24.9. The number of aromatic nitrogens is 4. The van der Waals surface area contributed by atoms with E-state index in [1.165, 1.54) is 0 Å². The summed E-state index contributed by atoms with van der Waals surface area (Å²) >= 11 is 0. The Balaban J connectivity index is 0.000000224. The number of fused-ring (bicyclic) bond motifs is 6. The van der Waals surface area contributed by atoms with Gasteiger partial charge < -0.3 is 30.6 Å². The van der Waals surface area contributed by atoms with E-state index >= 15 is 0 Å². The number of hydrogen-bond acceptors (Lipinski definition) is 10. The maximum atomic E-state index is 8.25. The molecule has 0 atom stereocenters. The molecule has 12 nitrogen and oxygen atoms in total. The number of nitrogens with zero attached hydrogens (tertiary/aromatic N) is 6. The fraction of sp³-hybridized carbons (Fsp3) is 0.143. The molecule has 0 fully saturated rings. The number of hydrogen-bond donors (Lipinski definition) is 0. The van der Waals surface area contributed by atoms with E-state index in [9.17, 15) is 0 Å². The van der Waals surface area contributed by atoms with Gasteiger partial charge in [-0.1, -0.05) is 48.5 Å². The van der Waals surface area contributed by atoms with E-state index in [4.69, 9.17) is 30.6 Å². The zero-order valence-electron chi connectivity index (χ0n) is 22.6. The molecule has 0 bridgehead atoms.